The highest BCUT2D eigenvalue weighted by Crippen LogP contribution is 2.48. The maximum Gasteiger partial charge on any atom is 0.409 e. The molecule has 3 rings (SSSR count). The Labute approximate surface area is 126 Å². The monoisotopic (exact) mass is 288 g/mol. The van der Waals surface area contributed by atoms with Crippen LogP contribution in [0.5, 0.6) is 0 Å². The Kier molecular flexibility index (Phi) is 3.89. The topological polar surface area (TPSA) is 32.8 Å². The first kappa shape index (κ1) is 14.4. The number of nitrogens with zero attached hydrogens (tertiary/aromatic N) is 2. The summed E-state index contributed by atoms with van der Waals surface area (Å²) in [5.41, 5.74) is 3.36. The molecule has 0 N–H and O–H groups in total. The number of rotatable bonds is 3. The van der Waals surface area contributed by atoms with Crippen molar-refractivity contribution in [2.75, 3.05) is 33.8 Å². The fraction of sp³-hybridized carbons (Fsp3) is 0.588. The average molecular weight is 288 g/mol. The third-order valence-corrected chi connectivity index (χ3v) is 4.82. The van der Waals surface area contributed by atoms with E-state index in [1.54, 1.807) is 19.7 Å². The Morgan fingerprint density at radius 2 is 2.10 bits per heavy atom. The molecule has 1 amide bonds. The molecule has 114 valence electrons. The lowest BCUT2D eigenvalue weighted by atomic mass is 9.61. The first-order chi connectivity index (χ1) is 10.1. The van der Waals surface area contributed by atoms with Crippen LogP contribution in [-0.2, 0) is 16.7 Å². The van der Waals surface area contributed by atoms with Gasteiger partial charge in [0.05, 0.1) is 0 Å². The number of benzene rings is 1. The number of hydrogen-bond donors (Lipinski definition) is 0. The van der Waals surface area contributed by atoms with Gasteiger partial charge in [-0.2, -0.15) is 0 Å². The van der Waals surface area contributed by atoms with Crippen LogP contribution in [0.3, 0.4) is 0 Å². The van der Waals surface area contributed by atoms with Gasteiger partial charge >= 0.3 is 6.09 Å². The number of carbonyl (C=O) groups is 1. The Balaban J connectivity index is 1.63. The summed E-state index contributed by atoms with van der Waals surface area (Å²) in [6.07, 6.45) is 3.65. The summed E-state index contributed by atoms with van der Waals surface area (Å²) in [5.74, 6) is 0. The Morgan fingerprint density at radius 3 is 2.76 bits per heavy atom. The summed E-state index contributed by atoms with van der Waals surface area (Å²) in [4.78, 5) is 15.4. The molecule has 1 heterocycles. The SMILES string of the molecule is CN(C)C(=O)OCCN1Cc2ccccc2C2(CCC2)C1. The van der Waals surface area contributed by atoms with Gasteiger partial charge in [-0.1, -0.05) is 30.7 Å². The number of amides is 1. The van der Waals surface area contributed by atoms with E-state index in [9.17, 15) is 4.79 Å². The van der Waals surface area contributed by atoms with E-state index in [4.69, 9.17) is 4.74 Å². The maximum absolute atomic E-state index is 11.5. The van der Waals surface area contributed by atoms with Crippen molar-refractivity contribution in [2.45, 2.75) is 31.2 Å². The van der Waals surface area contributed by atoms with Crippen LogP contribution >= 0.6 is 0 Å². The van der Waals surface area contributed by atoms with Crippen molar-refractivity contribution in [3.8, 4) is 0 Å². The molecule has 0 atom stereocenters. The van der Waals surface area contributed by atoms with Crippen LogP contribution in [0.2, 0.25) is 0 Å². The van der Waals surface area contributed by atoms with Crippen molar-refractivity contribution >= 4 is 6.09 Å². The van der Waals surface area contributed by atoms with Gasteiger partial charge in [0.15, 0.2) is 0 Å². The van der Waals surface area contributed by atoms with E-state index >= 15 is 0 Å². The van der Waals surface area contributed by atoms with Crippen molar-refractivity contribution in [1.29, 1.82) is 0 Å². The Morgan fingerprint density at radius 1 is 1.33 bits per heavy atom. The molecular weight excluding hydrogens is 264 g/mol. The first-order valence-corrected chi connectivity index (χ1v) is 7.76. The number of carbonyl (C=O) groups excluding carboxylic acids is 1. The normalized spacial score (nSPS) is 19.7. The zero-order chi connectivity index (χ0) is 14.9. The van der Waals surface area contributed by atoms with E-state index in [1.165, 1.54) is 29.7 Å². The fourth-order valence-electron chi connectivity index (χ4n) is 3.57. The van der Waals surface area contributed by atoms with Crippen molar-refractivity contribution in [3.63, 3.8) is 0 Å². The molecule has 4 heteroatoms. The van der Waals surface area contributed by atoms with E-state index < -0.39 is 0 Å². The second kappa shape index (κ2) is 5.68. The second-order valence-electron chi connectivity index (χ2n) is 6.51. The van der Waals surface area contributed by atoms with Crippen molar-refractivity contribution in [3.05, 3.63) is 35.4 Å². The molecule has 1 spiro atoms. The Hall–Kier alpha value is -1.55. The maximum atomic E-state index is 11.5. The van der Waals surface area contributed by atoms with Gasteiger partial charge in [-0.25, -0.2) is 4.79 Å². The number of ether oxygens (including phenoxy) is 1. The molecule has 4 nitrogen and oxygen atoms in total. The molecule has 1 aromatic carbocycles. The minimum Gasteiger partial charge on any atom is -0.448 e. The zero-order valence-electron chi connectivity index (χ0n) is 13.0. The van der Waals surface area contributed by atoms with Gasteiger partial charge in [-0.15, -0.1) is 0 Å². The Bertz CT molecular complexity index is 523. The van der Waals surface area contributed by atoms with Crippen molar-refractivity contribution in [2.24, 2.45) is 0 Å². The molecule has 1 aromatic rings. The highest BCUT2D eigenvalue weighted by Gasteiger charge is 2.43. The van der Waals surface area contributed by atoms with E-state index in [-0.39, 0.29) is 6.09 Å². The molecule has 1 fully saturated rings. The highest BCUT2D eigenvalue weighted by molar-refractivity contribution is 5.66. The van der Waals surface area contributed by atoms with Crippen LogP contribution < -0.4 is 0 Å². The molecular formula is C17H24N2O2. The molecule has 0 saturated heterocycles. The minimum atomic E-state index is -0.259. The standard InChI is InChI=1S/C17H24N2O2/c1-18(2)16(20)21-11-10-19-12-14-6-3-4-7-15(14)17(13-19)8-5-9-17/h3-4,6-7H,5,8-13H2,1-2H3. The van der Waals surface area contributed by atoms with Gasteiger partial charge in [-0.3, -0.25) is 4.90 Å². The molecule has 0 aromatic heterocycles. The molecule has 1 saturated carbocycles. The summed E-state index contributed by atoms with van der Waals surface area (Å²) >= 11 is 0. The smallest absolute Gasteiger partial charge is 0.409 e. The van der Waals surface area contributed by atoms with E-state index in [1.807, 2.05) is 0 Å². The predicted molar refractivity (Wildman–Crippen MR) is 82.3 cm³/mol. The van der Waals surface area contributed by atoms with Crippen molar-refractivity contribution in [1.82, 2.24) is 9.80 Å². The van der Waals surface area contributed by atoms with Crippen LogP contribution in [-0.4, -0.2) is 49.7 Å². The molecule has 1 aliphatic carbocycles. The molecule has 1 aliphatic heterocycles. The minimum absolute atomic E-state index is 0.259. The molecule has 2 aliphatic rings. The highest BCUT2D eigenvalue weighted by atomic mass is 16.6. The van der Waals surface area contributed by atoms with Crippen molar-refractivity contribution < 1.29 is 9.53 Å². The summed E-state index contributed by atoms with van der Waals surface area (Å²) < 4.78 is 5.26. The molecule has 21 heavy (non-hydrogen) atoms. The van der Waals surface area contributed by atoms with Crippen LogP contribution in [0.25, 0.3) is 0 Å². The first-order valence-electron chi connectivity index (χ1n) is 7.76. The number of fused-ring (bicyclic) bond motifs is 2. The predicted octanol–water partition coefficient (Wildman–Crippen LogP) is 2.62. The second-order valence-corrected chi connectivity index (χ2v) is 6.51. The average Bonchev–Trinajstić information content (AvgIpc) is 2.44. The third-order valence-electron chi connectivity index (χ3n) is 4.82. The van der Waals surface area contributed by atoms with Gasteiger partial charge in [0, 0.05) is 39.1 Å². The zero-order valence-corrected chi connectivity index (χ0v) is 13.0. The number of hydrogen-bond acceptors (Lipinski definition) is 3. The lowest BCUT2D eigenvalue weighted by Gasteiger charge is -2.50. The largest absolute Gasteiger partial charge is 0.448 e. The van der Waals surface area contributed by atoms with Gasteiger partial charge in [0.25, 0.3) is 0 Å². The molecule has 0 unspecified atom stereocenters. The lowest BCUT2D eigenvalue weighted by molar-refractivity contribution is 0.0745. The fourth-order valence-corrected chi connectivity index (χ4v) is 3.57. The van der Waals surface area contributed by atoms with Gasteiger partial charge < -0.3 is 9.64 Å². The van der Waals surface area contributed by atoms with E-state index in [2.05, 4.69) is 29.2 Å². The van der Waals surface area contributed by atoms with Gasteiger partial charge in [0.2, 0.25) is 0 Å². The lowest BCUT2D eigenvalue weighted by Crippen LogP contribution is -2.50. The summed E-state index contributed by atoms with van der Waals surface area (Å²) in [6.45, 7) is 3.35. The van der Waals surface area contributed by atoms with Crippen LogP contribution in [0.4, 0.5) is 4.79 Å². The third kappa shape index (κ3) is 2.77. The summed E-state index contributed by atoms with van der Waals surface area (Å²) in [7, 11) is 3.42. The van der Waals surface area contributed by atoms with Gasteiger partial charge in [-0.05, 0) is 24.0 Å². The van der Waals surface area contributed by atoms with Gasteiger partial charge in [0.1, 0.15) is 6.61 Å². The summed E-state index contributed by atoms with van der Waals surface area (Å²) in [5, 5.41) is 0. The molecule has 0 bridgehead atoms. The molecule has 0 radical (unpaired) electrons. The quantitative estimate of drug-likeness (QED) is 0.857. The van der Waals surface area contributed by atoms with Crippen LogP contribution in [0.15, 0.2) is 24.3 Å². The summed E-state index contributed by atoms with van der Waals surface area (Å²) in [6, 6.07) is 8.83. The van der Waals surface area contributed by atoms with Crippen LogP contribution in [0, 0.1) is 0 Å². The van der Waals surface area contributed by atoms with Crippen LogP contribution in [0.1, 0.15) is 30.4 Å². The van der Waals surface area contributed by atoms with E-state index in [0.29, 0.717) is 12.0 Å². The van der Waals surface area contributed by atoms with E-state index in [0.717, 1.165) is 19.6 Å².